The molecular weight excluding hydrogens is 426 g/mol. The lowest BCUT2D eigenvalue weighted by Crippen LogP contribution is -2.30. The van der Waals surface area contributed by atoms with Crippen LogP contribution in [0.4, 0.5) is 11.4 Å². The molecule has 0 bridgehead atoms. The van der Waals surface area contributed by atoms with Crippen LogP contribution in [-0.2, 0) is 0 Å². The summed E-state index contributed by atoms with van der Waals surface area (Å²) in [6.45, 7) is 2.14. The Hall–Kier alpha value is -3.64. The van der Waals surface area contributed by atoms with E-state index >= 15 is 0 Å². The van der Waals surface area contributed by atoms with Crippen LogP contribution in [0.3, 0.4) is 0 Å². The molecule has 0 spiro atoms. The highest BCUT2D eigenvalue weighted by atomic mass is 32.1. The second-order valence-corrected chi connectivity index (χ2v) is 8.88. The van der Waals surface area contributed by atoms with Gasteiger partial charge in [0, 0.05) is 49.2 Å². The molecule has 1 N–H and O–H groups in total. The molecule has 0 amide bonds. The van der Waals surface area contributed by atoms with Crippen molar-refractivity contribution in [3.63, 3.8) is 0 Å². The fourth-order valence-corrected chi connectivity index (χ4v) is 4.88. The summed E-state index contributed by atoms with van der Waals surface area (Å²) in [7, 11) is 4.10. The molecule has 0 saturated carbocycles. The first-order valence-electron chi connectivity index (χ1n) is 11.1. The van der Waals surface area contributed by atoms with Gasteiger partial charge in [-0.2, -0.15) is 0 Å². The predicted molar refractivity (Wildman–Crippen MR) is 139 cm³/mol. The Morgan fingerprint density at radius 2 is 1.67 bits per heavy atom. The first kappa shape index (κ1) is 21.2. The molecule has 2 aromatic heterocycles. The minimum atomic E-state index is -0.0788. The lowest BCUT2D eigenvalue weighted by Gasteiger charge is -2.29. The van der Waals surface area contributed by atoms with Crippen molar-refractivity contribution in [1.29, 1.82) is 0 Å². The maximum Gasteiger partial charge on any atom is 0.174 e. The lowest BCUT2D eigenvalue weighted by atomic mass is 10.0. The van der Waals surface area contributed by atoms with Gasteiger partial charge in [0.05, 0.1) is 11.7 Å². The third-order valence-corrected chi connectivity index (χ3v) is 6.52. The molecule has 1 aliphatic rings. The van der Waals surface area contributed by atoms with E-state index in [1.165, 1.54) is 5.56 Å². The number of aryl methyl sites for hydroxylation is 1. The Morgan fingerprint density at radius 3 is 2.36 bits per heavy atom. The first-order chi connectivity index (χ1) is 16.0. The number of rotatable bonds is 5. The number of thiocarbonyl (C=S) groups is 1. The maximum atomic E-state index is 5.89. The molecule has 0 radical (unpaired) electrons. The van der Waals surface area contributed by atoms with Gasteiger partial charge in [-0.15, -0.1) is 0 Å². The van der Waals surface area contributed by atoms with Crippen LogP contribution in [0.25, 0.3) is 5.69 Å². The van der Waals surface area contributed by atoms with Crippen molar-refractivity contribution in [1.82, 2.24) is 14.9 Å². The number of nitrogens with one attached hydrogen (secondary N) is 1. The Morgan fingerprint density at radius 1 is 0.909 bits per heavy atom. The van der Waals surface area contributed by atoms with Gasteiger partial charge in [0.1, 0.15) is 6.04 Å². The van der Waals surface area contributed by atoms with E-state index in [4.69, 9.17) is 12.2 Å². The van der Waals surface area contributed by atoms with Gasteiger partial charge in [0.2, 0.25) is 0 Å². The number of hydrogen-bond acceptors (Lipinski definition) is 3. The molecule has 5 nitrogen and oxygen atoms in total. The van der Waals surface area contributed by atoms with E-state index in [1.54, 1.807) is 0 Å². The molecular formula is C27H27N5S. The molecule has 1 aliphatic heterocycles. The fourth-order valence-electron chi connectivity index (χ4n) is 4.53. The quantitative estimate of drug-likeness (QED) is 0.408. The SMILES string of the molecule is Cc1ccccc1-n1cccc1[C@@H]1[C@@H](c2ccccn2)NC(=S)N1c1ccc(N(C)C)cc1. The Kier molecular flexibility index (Phi) is 5.60. The summed E-state index contributed by atoms with van der Waals surface area (Å²) in [4.78, 5) is 9.00. The normalized spacial score (nSPS) is 17.8. The van der Waals surface area contributed by atoms with E-state index in [0.29, 0.717) is 5.11 Å². The van der Waals surface area contributed by atoms with Crippen LogP contribution < -0.4 is 15.1 Å². The fraction of sp³-hybridized carbons (Fsp3) is 0.185. The van der Waals surface area contributed by atoms with Crippen LogP contribution in [0.5, 0.6) is 0 Å². The lowest BCUT2D eigenvalue weighted by molar-refractivity contribution is 0.549. The Labute approximate surface area is 200 Å². The number of anilines is 2. The summed E-state index contributed by atoms with van der Waals surface area (Å²) in [6.07, 6.45) is 3.97. The van der Waals surface area contributed by atoms with Gasteiger partial charge in [0.15, 0.2) is 5.11 Å². The summed E-state index contributed by atoms with van der Waals surface area (Å²) >= 11 is 5.89. The molecule has 1 fully saturated rings. The second kappa shape index (κ2) is 8.71. The maximum absolute atomic E-state index is 5.89. The molecule has 3 heterocycles. The minimum absolute atomic E-state index is 0.0628. The largest absolute Gasteiger partial charge is 0.378 e. The van der Waals surface area contributed by atoms with Crippen molar-refractivity contribution in [3.05, 3.63) is 108 Å². The van der Waals surface area contributed by atoms with Gasteiger partial charge in [-0.3, -0.25) is 4.98 Å². The van der Waals surface area contributed by atoms with Crippen molar-refractivity contribution in [2.24, 2.45) is 0 Å². The molecule has 0 aliphatic carbocycles. The number of pyridine rings is 1. The van der Waals surface area contributed by atoms with Crippen LogP contribution in [0, 0.1) is 6.92 Å². The molecule has 33 heavy (non-hydrogen) atoms. The third-order valence-electron chi connectivity index (χ3n) is 6.20. The highest BCUT2D eigenvalue weighted by molar-refractivity contribution is 7.80. The average molecular weight is 454 g/mol. The van der Waals surface area contributed by atoms with Gasteiger partial charge >= 0.3 is 0 Å². The van der Waals surface area contributed by atoms with Crippen LogP contribution in [0.15, 0.2) is 91.3 Å². The smallest absolute Gasteiger partial charge is 0.174 e. The molecule has 6 heteroatoms. The van der Waals surface area contributed by atoms with Crippen LogP contribution in [0.2, 0.25) is 0 Å². The highest BCUT2D eigenvalue weighted by Crippen LogP contribution is 2.42. The van der Waals surface area contributed by atoms with Crippen molar-refractivity contribution < 1.29 is 0 Å². The van der Waals surface area contributed by atoms with Crippen molar-refractivity contribution in [2.75, 3.05) is 23.9 Å². The van der Waals surface area contributed by atoms with Gasteiger partial charge in [-0.1, -0.05) is 24.3 Å². The van der Waals surface area contributed by atoms with Crippen molar-refractivity contribution >= 4 is 28.7 Å². The number of nitrogens with zero attached hydrogens (tertiary/aromatic N) is 4. The monoisotopic (exact) mass is 453 g/mol. The number of hydrogen-bond donors (Lipinski definition) is 1. The zero-order valence-corrected chi connectivity index (χ0v) is 19.8. The highest BCUT2D eigenvalue weighted by Gasteiger charge is 2.42. The zero-order valence-electron chi connectivity index (χ0n) is 19.0. The van der Waals surface area contributed by atoms with Gasteiger partial charge in [0.25, 0.3) is 0 Å². The number of para-hydroxylation sites is 1. The van der Waals surface area contributed by atoms with E-state index in [0.717, 1.165) is 28.5 Å². The molecule has 0 unspecified atom stereocenters. The molecule has 1 saturated heterocycles. The topological polar surface area (TPSA) is 36.3 Å². The van der Waals surface area contributed by atoms with Gasteiger partial charge < -0.3 is 19.7 Å². The van der Waals surface area contributed by atoms with Crippen molar-refractivity contribution in [2.45, 2.75) is 19.0 Å². The zero-order chi connectivity index (χ0) is 22.9. The Balaban J connectivity index is 1.65. The summed E-state index contributed by atoms with van der Waals surface area (Å²) < 4.78 is 2.27. The first-order valence-corrected chi connectivity index (χ1v) is 11.5. The molecule has 2 atom stereocenters. The summed E-state index contributed by atoms with van der Waals surface area (Å²) in [5.41, 5.74) is 6.72. The van der Waals surface area contributed by atoms with Crippen molar-refractivity contribution in [3.8, 4) is 5.69 Å². The standard InChI is InChI=1S/C27H27N5S/c1-19-9-4-5-11-23(19)31-18-8-12-24(31)26-25(22-10-6-7-17-28-22)29-27(33)32(26)21-15-13-20(14-16-21)30(2)3/h4-18,25-26H,1-3H3,(H,29,33)/t25-,26-/m1/s1. The number of aromatic nitrogens is 2. The van der Waals surface area contributed by atoms with Gasteiger partial charge in [-0.05, 0) is 79.3 Å². The Bertz CT molecular complexity index is 1260. The molecule has 2 aromatic carbocycles. The number of benzene rings is 2. The van der Waals surface area contributed by atoms with E-state index in [2.05, 4.69) is 105 Å². The molecule has 4 aromatic rings. The average Bonchev–Trinajstić information content (AvgIpc) is 3.44. The summed E-state index contributed by atoms with van der Waals surface area (Å²) in [5, 5.41) is 4.26. The third kappa shape index (κ3) is 3.87. The van der Waals surface area contributed by atoms with Crippen LogP contribution in [0.1, 0.15) is 29.0 Å². The van der Waals surface area contributed by atoms with Crippen LogP contribution in [-0.4, -0.2) is 28.8 Å². The van der Waals surface area contributed by atoms with E-state index < -0.39 is 0 Å². The predicted octanol–water partition coefficient (Wildman–Crippen LogP) is 5.42. The minimum Gasteiger partial charge on any atom is -0.378 e. The van der Waals surface area contributed by atoms with Crippen LogP contribution >= 0.6 is 12.2 Å². The molecule has 5 rings (SSSR count). The van der Waals surface area contributed by atoms with E-state index in [-0.39, 0.29) is 12.1 Å². The molecule has 166 valence electrons. The second-order valence-electron chi connectivity index (χ2n) is 8.50. The summed E-state index contributed by atoms with van der Waals surface area (Å²) in [5.74, 6) is 0. The van der Waals surface area contributed by atoms with E-state index in [9.17, 15) is 0 Å². The van der Waals surface area contributed by atoms with E-state index in [1.807, 2.05) is 32.4 Å². The van der Waals surface area contributed by atoms with Gasteiger partial charge in [-0.25, -0.2) is 0 Å². The summed E-state index contributed by atoms with van der Waals surface area (Å²) in [6, 6.07) is 27.2.